The minimum atomic E-state index is 0.144. The number of aliphatic imine (C=N–C) groups is 1. The number of carbonyl (C=O) groups is 1. The normalized spacial score (nSPS) is 14.2. The third-order valence-electron chi connectivity index (χ3n) is 5.21. The summed E-state index contributed by atoms with van der Waals surface area (Å²) in [7, 11) is 0. The Kier molecular flexibility index (Phi) is 8.11. The van der Waals surface area contributed by atoms with E-state index in [0.717, 1.165) is 56.0 Å². The maximum absolute atomic E-state index is 12.1. The molecule has 1 amide bonds. The Morgan fingerprint density at radius 3 is 2.55 bits per heavy atom. The van der Waals surface area contributed by atoms with E-state index in [1.807, 2.05) is 30.3 Å². The minimum absolute atomic E-state index is 0.144. The highest BCUT2D eigenvalue weighted by molar-refractivity contribution is 5.93. The summed E-state index contributed by atoms with van der Waals surface area (Å²) in [5.41, 5.74) is 3.30. The van der Waals surface area contributed by atoms with E-state index in [0.29, 0.717) is 6.54 Å². The van der Waals surface area contributed by atoms with E-state index in [9.17, 15) is 4.79 Å². The van der Waals surface area contributed by atoms with Gasteiger partial charge in [-0.05, 0) is 55.9 Å². The van der Waals surface area contributed by atoms with E-state index in [-0.39, 0.29) is 11.8 Å². The van der Waals surface area contributed by atoms with E-state index in [4.69, 9.17) is 4.99 Å². The topological polar surface area (TPSA) is 65.5 Å². The molecule has 154 valence electrons. The zero-order valence-corrected chi connectivity index (χ0v) is 17.3. The van der Waals surface area contributed by atoms with E-state index < -0.39 is 0 Å². The minimum Gasteiger partial charge on any atom is -0.357 e. The van der Waals surface area contributed by atoms with Crippen molar-refractivity contribution in [2.45, 2.75) is 45.6 Å². The molecule has 2 aromatic carbocycles. The van der Waals surface area contributed by atoms with Gasteiger partial charge in [0.2, 0.25) is 5.91 Å². The molecule has 0 spiro atoms. The Hall–Kier alpha value is -2.82. The molecule has 1 aliphatic carbocycles. The Balaban J connectivity index is 1.48. The second-order valence-electron chi connectivity index (χ2n) is 7.53. The summed E-state index contributed by atoms with van der Waals surface area (Å²) in [5.74, 6) is 1.16. The molecule has 0 saturated heterocycles. The molecule has 1 saturated carbocycles. The predicted molar refractivity (Wildman–Crippen MR) is 120 cm³/mol. The highest BCUT2D eigenvalue weighted by Crippen LogP contribution is 2.27. The number of amides is 1. The first-order chi connectivity index (χ1) is 14.2. The van der Waals surface area contributed by atoms with Gasteiger partial charge >= 0.3 is 0 Å². The summed E-state index contributed by atoms with van der Waals surface area (Å²) in [6.45, 7) is 4.33. The third-order valence-corrected chi connectivity index (χ3v) is 5.21. The van der Waals surface area contributed by atoms with Crippen LogP contribution in [0.15, 0.2) is 59.6 Å². The van der Waals surface area contributed by atoms with Gasteiger partial charge in [0, 0.05) is 24.7 Å². The molecule has 0 aromatic heterocycles. The molecular weight excluding hydrogens is 360 g/mol. The number of aryl methyl sites for hydroxylation is 1. The highest BCUT2D eigenvalue weighted by Gasteiger charge is 2.25. The van der Waals surface area contributed by atoms with Gasteiger partial charge in [0.05, 0.1) is 6.54 Å². The van der Waals surface area contributed by atoms with Crippen molar-refractivity contribution >= 4 is 17.6 Å². The van der Waals surface area contributed by atoms with Crippen molar-refractivity contribution in [3.8, 4) is 0 Å². The van der Waals surface area contributed by atoms with Gasteiger partial charge in [0.25, 0.3) is 0 Å². The maximum atomic E-state index is 12.1. The van der Waals surface area contributed by atoms with Gasteiger partial charge in [-0.15, -0.1) is 0 Å². The van der Waals surface area contributed by atoms with Crippen molar-refractivity contribution in [3.05, 3.63) is 65.7 Å². The first-order valence-electron chi connectivity index (χ1n) is 10.7. The fraction of sp³-hybridized carbons (Fsp3) is 0.417. The zero-order valence-electron chi connectivity index (χ0n) is 17.3. The van der Waals surface area contributed by atoms with Crippen LogP contribution < -0.4 is 16.0 Å². The number of hydrogen-bond donors (Lipinski definition) is 3. The van der Waals surface area contributed by atoms with Crippen LogP contribution in [0.5, 0.6) is 0 Å². The monoisotopic (exact) mass is 392 g/mol. The summed E-state index contributed by atoms with van der Waals surface area (Å²) in [5, 5.41) is 9.74. The molecule has 5 heteroatoms. The lowest BCUT2D eigenvalue weighted by Crippen LogP contribution is -2.37. The molecular formula is C24H32N4O. The molecule has 5 nitrogen and oxygen atoms in total. The summed E-state index contributed by atoms with van der Waals surface area (Å²) >= 11 is 0. The van der Waals surface area contributed by atoms with Crippen molar-refractivity contribution in [2.24, 2.45) is 10.9 Å². The quantitative estimate of drug-likeness (QED) is 0.342. The molecule has 0 atom stereocenters. The maximum Gasteiger partial charge on any atom is 0.227 e. The fourth-order valence-corrected chi connectivity index (χ4v) is 3.32. The Morgan fingerprint density at radius 2 is 1.83 bits per heavy atom. The van der Waals surface area contributed by atoms with Crippen molar-refractivity contribution in [1.82, 2.24) is 10.6 Å². The number of nitrogens with zero attached hydrogens (tertiary/aromatic N) is 1. The lowest BCUT2D eigenvalue weighted by atomic mass is 9.85. The molecule has 0 heterocycles. The Morgan fingerprint density at radius 1 is 1.03 bits per heavy atom. The third kappa shape index (κ3) is 6.93. The molecule has 1 fully saturated rings. The number of benzene rings is 2. The largest absolute Gasteiger partial charge is 0.357 e. The van der Waals surface area contributed by atoms with Gasteiger partial charge in [-0.25, -0.2) is 4.99 Å². The molecule has 3 N–H and O–H groups in total. The summed E-state index contributed by atoms with van der Waals surface area (Å²) in [6.07, 6.45) is 5.29. The van der Waals surface area contributed by atoms with Crippen LogP contribution in [0.2, 0.25) is 0 Å². The second-order valence-corrected chi connectivity index (χ2v) is 7.53. The molecule has 1 aliphatic rings. The fourth-order valence-electron chi connectivity index (χ4n) is 3.32. The van der Waals surface area contributed by atoms with Crippen LogP contribution in [-0.2, 0) is 17.8 Å². The van der Waals surface area contributed by atoms with E-state index in [1.54, 1.807) is 0 Å². The number of hydrogen-bond acceptors (Lipinski definition) is 2. The standard InChI is InChI=1S/C24H32N4O/c1-2-25-24(26-16-8-12-19-9-4-3-5-10-19)27-18-20-11-6-15-22(17-20)28-23(29)21-13-7-14-21/h3-6,9-11,15,17,21H,2,7-8,12-14,16,18H2,1H3,(H,28,29)(H2,25,26,27). The molecule has 3 rings (SSSR count). The summed E-state index contributed by atoms with van der Waals surface area (Å²) in [6, 6.07) is 18.5. The van der Waals surface area contributed by atoms with Crippen LogP contribution in [0.3, 0.4) is 0 Å². The highest BCUT2D eigenvalue weighted by atomic mass is 16.1. The van der Waals surface area contributed by atoms with Gasteiger partial charge in [-0.2, -0.15) is 0 Å². The number of guanidine groups is 1. The van der Waals surface area contributed by atoms with E-state index in [2.05, 4.69) is 47.1 Å². The number of nitrogens with one attached hydrogen (secondary N) is 3. The average Bonchev–Trinajstić information content (AvgIpc) is 2.69. The van der Waals surface area contributed by atoms with Crippen molar-refractivity contribution in [1.29, 1.82) is 0 Å². The van der Waals surface area contributed by atoms with Crippen LogP contribution in [0.1, 0.15) is 43.7 Å². The molecule has 2 aromatic rings. The van der Waals surface area contributed by atoms with Crippen LogP contribution in [0, 0.1) is 5.92 Å². The zero-order chi connectivity index (χ0) is 20.3. The first-order valence-corrected chi connectivity index (χ1v) is 10.7. The van der Waals surface area contributed by atoms with Gasteiger partial charge in [-0.3, -0.25) is 4.79 Å². The summed E-state index contributed by atoms with van der Waals surface area (Å²) < 4.78 is 0. The SMILES string of the molecule is CCNC(=NCc1cccc(NC(=O)C2CCC2)c1)NCCCc1ccccc1. The summed E-state index contributed by atoms with van der Waals surface area (Å²) in [4.78, 5) is 16.8. The lowest BCUT2D eigenvalue weighted by molar-refractivity contribution is -0.122. The van der Waals surface area contributed by atoms with E-state index >= 15 is 0 Å². The van der Waals surface area contributed by atoms with Crippen LogP contribution >= 0.6 is 0 Å². The molecule has 0 radical (unpaired) electrons. The van der Waals surface area contributed by atoms with Crippen molar-refractivity contribution in [3.63, 3.8) is 0 Å². The number of anilines is 1. The van der Waals surface area contributed by atoms with Gasteiger partial charge in [0.15, 0.2) is 5.96 Å². The van der Waals surface area contributed by atoms with Crippen LogP contribution in [0.25, 0.3) is 0 Å². The van der Waals surface area contributed by atoms with E-state index in [1.165, 1.54) is 12.0 Å². The molecule has 0 aliphatic heterocycles. The van der Waals surface area contributed by atoms with Gasteiger partial charge in [0.1, 0.15) is 0 Å². The van der Waals surface area contributed by atoms with Crippen molar-refractivity contribution in [2.75, 3.05) is 18.4 Å². The number of rotatable bonds is 9. The lowest BCUT2D eigenvalue weighted by Gasteiger charge is -2.24. The van der Waals surface area contributed by atoms with Crippen LogP contribution in [0.4, 0.5) is 5.69 Å². The number of carbonyl (C=O) groups excluding carboxylic acids is 1. The Labute approximate surface area is 174 Å². The molecule has 29 heavy (non-hydrogen) atoms. The Bertz CT molecular complexity index is 800. The second kappa shape index (κ2) is 11.2. The van der Waals surface area contributed by atoms with Crippen LogP contribution in [-0.4, -0.2) is 25.0 Å². The van der Waals surface area contributed by atoms with Crippen molar-refractivity contribution < 1.29 is 4.79 Å². The smallest absolute Gasteiger partial charge is 0.227 e. The first kappa shape index (κ1) is 20.9. The molecule has 0 unspecified atom stereocenters. The molecule has 0 bridgehead atoms. The van der Waals surface area contributed by atoms with Gasteiger partial charge in [-0.1, -0.05) is 48.9 Å². The average molecular weight is 393 g/mol. The predicted octanol–water partition coefficient (Wildman–Crippen LogP) is 4.11. The van der Waals surface area contributed by atoms with Gasteiger partial charge < -0.3 is 16.0 Å².